The number of hydrogen-bond acceptors (Lipinski definition) is 5. The van der Waals surface area contributed by atoms with Crippen LogP contribution in [0.4, 0.5) is 0 Å². The van der Waals surface area contributed by atoms with Crippen LogP contribution in [0, 0.1) is 18.8 Å². The van der Waals surface area contributed by atoms with Crippen LogP contribution >= 0.6 is 11.3 Å². The number of nitrogens with two attached hydrogens (primary N) is 1. The van der Waals surface area contributed by atoms with Gasteiger partial charge in [-0.1, -0.05) is 85.0 Å². The van der Waals surface area contributed by atoms with Crippen molar-refractivity contribution in [1.82, 2.24) is 24.1 Å². The summed E-state index contributed by atoms with van der Waals surface area (Å²) in [5.74, 6) is 0.00501. The molecule has 4 aromatic heterocycles. The van der Waals surface area contributed by atoms with Gasteiger partial charge in [0.1, 0.15) is 11.2 Å². The number of allylic oxidation sites excluding steroid dienone is 4. The largest absolute Gasteiger partial charge is 0.369 e. The normalized spacial score (nSPS) is 17.2. The number of benzene rings is 2. The van der Waals surface area contributed by atoms with Gasteiger partial charge in [-0.15, -0.1) is 11.3 Å². The second-order valence-corrected chi connectivity index (χ2v) is 14.4. The van der Waals surface area contributed by atoms with Gasteiger partial charge in [-0.25, -0.2) is 4.98 Å². The van der Waals surface area contributed by atoms with Crippen molar-refractivity contribution in [3.05, 3.63) is 150 Å². The predicted molar refractivity (Wildman–Crippen MR) is 197 cm³/mol. The first-order chi connectivity index (χ1) is 24.0. The van der Waals surface area contributed by atoms with E-state index < -0.39 is 5.54 Å². The fourth-order valence-corrected chi connectivity index (χ4v) is 8.80. The minimum absolute atomic E-state index is 0.00703. The molecule has 1 unspecified atom stereocenters. The van der Waals surface area contributed by atoms with E-state index in [1.807, 2.05) is 6.20 Å². The molecule has 8 rings (SSSR count). The lowest BCUT2D eigenvalue weighted by atomic mass is 9.70. The molecule has 6 aromatic rings. The molecular weight excluding hydrogens is 625 g/mol. The molecule has 2 aromatic carbocycles. The van der Waals surface area contributed by atoms with Gasteiger partial charge in [0.15, 0.2) is 0 Å². The van der Waals surface area contributed by atoms with Crippen molar-refractivity contribution in [2.75, 3.05) is 13.1 Å². The summed E-state index contributed by atoms with van der Waals surface area (Å²) in [6.07, 6.45) is 17.9. The van der Waals surface area contributed by atoms with Gasteiger partial charge in [-0.05, 0) is 74.7 Å². The lowest BCUT2D eigenvalue weighted by Crippen LogP contribution is -2.43. The Balaban J connectivity index is 1.16. The summed E-state index contributed by atoms with van der Waals surface area (Å²) in [5, 5.41) is 5.31. The number of carbonyl (C=O) groups excluding carboxylic acids is 1. The van der Waals surface area contributed by atoms with Crippen molar-refractivity contribution in [2.45, 2.75) is 38.3 Å². The Kier molecular flexibility index (Phi) is 8.35. The van der Waals surface area contributed by atoms with Crippen molar-refractivity contribution < 1.29 is 4.79 Å². The summed E-state index contributed by atoms with van der Waals surface area (Å²) in [7, 11) is 0. The van der Waals surface area contributed by atoms with Crippen LogP contribution in [-0.4, -0.2) is 43.1 Å². The van der Waals surface area contributed by atoms with E-state index in [0.29, 0.717) is 0 Å². The van der Waals surface area contributed by atoms with Gasteiger partial charge >= 0.3 is 0 Å². The second-order valence-electron chi connectivity index (χ2n) is 13.2. The summed E-state index contributed by atoms with van der Waals surface area (Å²) >= 11 is 1.81. The first-order valence-electron chi connectivity index (χ1n) is 17.1. The fraction of sp³-hybridized carbons (Fsp3) is 0.244. The van der Waals surface area contributed by atoms with Crippen LogP contribution in [0.5, 0.6) is 0 Å². The van der Waals surface area contributed by atoms with E-state index in [-0.39, 0.29) is 17.7 Å². The number of hydrogen-bond donors (Lipinski definition) is 1. The van der Waals surface area contributed by atoms with E-state index in [1.165, 1.54) is 20.9 Å². The van der Waals surface area contributed by atoms with Gasteiger partial charge in [0.25, 0.3) is 0 Å². The number of piperidine rings is 1. The van der Waals surface area contributed by atoms with Crippen molar-refractivity contribution in [2.24, 2.45) is 17.6 Å². The molecule has 0 spiro atoms. The van der Waals surface area contributed by atoms with Crippen molar-refractivity contribution >= 4 is 22.9 Å². The zero-order valence-corrected chi connectivity index (χ0v) is 28.5. The minimum atomic E-state index is -0.542. The Labute approximate surface area is 291 Å². The zero-order valence-electron chi connectivity index (χ0n) is 27.7. The molecule has 1 aliphatic heterocycles. The molecule has 5 heterocycles. The van der Waals surface area contributed by atoms with Gasteiger partial charge in [-0.3, -0.25) is 18.8 Å². The van der Waals surface area contributed by atoms with E-state index in [0.717, 1.165) is 67.1 Å². The van der Waals surface area contributed by atoms with Gasteiger partial charge < -0.3 is 5.73 Å². The SMILES string of the molecule is Cc1nn(C(c2ccccc2)(c2ccccc2)C2C=CC=CC2)cc1-c1ccc2ncc(-c3ccc(CN4CCC(C(N)=O)CC4)s3)n2c1. The molecule has 2 aliphatic rings. The molecule has 8 heteroatoms. The number of aromatic nitrogens is 4. The minimum Gasteiger partial charge on any atom is -0.369 e. The molecule has 1 atom stereocenters. The highest BCUT2D eigenvalue weighted by molar-refractivity contribution is 7.15. The molecule has 246 valence electrons. The maximum Gasteiger partial charge on any atom is 0.220 e. The summed E-state index contributed by atoms with van der Waals surface area (Å²) in [6.45, 7) is 4.79. The smallest absolute Gasteiger partial charge is 0.220 e. The van der Waals surface area contributed by atoms with Gasteiger partial charge in [0, 0.05) is 46.8 Å². The average molecular weight is 665 g/mol. The third-order valence-corrected chi connectivity index (χ3v) is 11.4. The van der Waals surface area contributed by atoms with Crippen LogP contribution in [0.3, 0.4) is 0 Å². The molecule has 7 nitrogen and oxygen atoms in total. The summed E-state index contributed by atoms with van der Waals surface area (Å²) in [5.41, 5.74) is 12.6. The van der Waals surface area contributed by atoms with Crippen LogP contribution in [-0.2, 0) is 16.9 Å². The first kappa shape index (κ1) is 31.2. The Bertz CT molecular complexity index is 2110. The predicted octanol–water partition coefficient (Wildman–Crippen LogP) is 7.86. The molecule has 1 aliphatic carbocycles. The fourth-order valence-electron chi connectivity index (χ4n) is 7.75. The summed E-state index contributed by atoms with van der Waals surface area (Å²) in [4.78, 5) is 21.3. The Morgan fingerprint density at radius 1 is 0.918 bits per heavy atom. The Morgan fingerprint density at radius 2 is 1.65 bits per heavy atom. The van der Waals surface area contributed by atoms with Crippen molar-refractivity contribution in [3.63, 3.8) is 0 Å². The quantitative estimate of drug-likeness (QED) is 0.171. The zero-order chi connectivity index (χ0) is 33.4. The summed E-state index contributed by atoms with van der Waals surface area (Å²) in [6, 6.07) is 30.3. The number of imidazole rings is 1. The van der Waals surface area contributed by atoms with Crippen LogP contribution in [0.2, 0.25) is 0 Å². The average Bonchev–Trinajstić information content (AvgIpc) is 3.89. The number of thiophene rings is 1. The van der Waals surface area contributed by atoms with E-state index in [4.69, 9.17) is 15.8 Å². The standard InChI is InChI=1S/C41H40N6OS/c1-29-36(28-47(44-29)41(32-11-5-2-6-12-32,33-13-7-3-8-14-33)34-15-9-4-10-16-34)31-17-20-39-43-25-37(46(39)26-31)38-19-18-35(49-38)27-45-23-21-30(22-24-45)40(42)48/h2-15,17-20,25-26,28,30,34H,16,21-24,27H2,1H3,(H2,42,48). The van der Waals surface area contributed by atoms with Crippen LogP contribution in [0.15, 0.2) is 128 Å². The number of carbonyl (C=O) groups is 1. The highest BCUT2D eigenvalue weighted by Crippen LogP contribution is 2.45. The van der Waals surface area contributed by atoms with E-state index in [9.17, 15) is 4.79 Å². The molecule has 0 radical (unpaired) electrons. The monoisotopic (exact) mass is 664 g/mol. The molecule has 1 saturated heterocycles. The number of rotatable bonds is 9. The van der Waals surface area contributed by atoms with Crippen molar-refractivity contribution in [3.8, 4) is 21.7 Å². The molecular formula is C41H40N6OS. The maximum absolute atomic E-state index is 11.6. The number of aryl methyl sites for hydroxylation is 1. The van der Waals surface area contributed by atoms with E-state index in [2.05, 4.69) is 143 Å². The van der Waals surface area contributed by atoms with Crippen LogP contribution in [0.1, 0.15) is 41.0 Å². The van der Waals surface area contributed by atoms with Gasteiger partial charge in [-0.2, -0.15) is 5.10 Å². The number of fused-ring (bicyclic) bond motifs is 1. The molecule has 0 bridgehead atoms. The molecule has 0 saturated carbocycles. The van der Waals surface area contributed by atoms with Gasteiger partial charge in [0.05, 0.1) is 22.5 Å². The molecule has 2 N–H and O–H groups in total. The number of likely N-dealkylation sites (tertiary alicyclic amines) is 1. The molecule has 49 heavy (non-hydrogen) atoms. The third kappa shape index (κ3) is 5.75. The lowest BCUT2D eigenvalue weighted by molar-refractivity contribution is -0.123. The van der Waals surface area contributed by atoms with E-state index in [1.54, 1.807) is 11.3 Å². The topological polar surface area (TPSA) is 81.4 Å². The number of amides is 1. The van der Waals surface area contributed by atoms with Crippen molar-refractivity contribution in [1.29, 1.82) is 0 Å². The number of primary amides is 1. The first-order valence-corrected chi connectivity index (χ1v) is 17.9. The number of pyridine rings is 1. The highest BCUT2D eigenvalue weighted by Gasteiger charge is 2.44. The molecule has 1 amide bonds. The van der Waals surface area contributed by atoms with Crippen LogP contribution < -0.4 is 5.73 Å². The number of nitrogens with zero attached hydrogens (tertiary/aromatic N) is 5. The third-order valence-electron chi connectivity index (χ3n) is 10.3. The Hall–Kier alpha value is -5.05. The van der Waals surface area contributed by atoms with Gasteiger partial charge in [0.2, 0.25) is 5.91 Å². The molecule has 1 fully saturated rings. The second kappa shape index (κ2) is 13.1. The highest BCUT2D eigenvalue weighted by atomic mass is 32.1. The summed E-state index contributed by atoms with van der Waals surface area (Å²) < 4.78 is 4.42. The van der Waals surface area contributed by atoms with Crippen LogP contribution in [0.25, 0.3) is 27.3 Å². The maximum atomic E-state index is 11.6. The Morgan fingerprint density at radius 3 is 2.33 bits per heavy atom. The van der Waals surface area contributed by atoms with E-state index >= 15 is 0 Å². The lowest BCUT2D eigenvalue weighted by Gasteiger charge is -2.41.